The van der Waals surface area contributed by atoms with Gasteiger partial charge in [-0.1, -0.05) is 12.8 Å². The van der Waals surface area contributed by atoms with E-state index in [0.29, 0.717) is 13.1 Å². The molecular formula is C8H13NO2. The van der Waals surface area contributed by atoms with Crippen LogP contribution >= 0.6 is 0 Å². The number of nitrogens with one attached hydrogen (secondary N) is 1. The van der Waals surface area contributed by atoms with Gasteiger partial charge in [0.1, 0.15) is 0 Å². The first-order chi connectivity index (χ1) is 5.18. The molecule has 0 spiro atoms. The van der Waals surface area contributed by atoms with Crippen LogP contribution in [0.3, 0.4) is 0 Å². The third-order valence-electron chi connectivity index (χ3n) is 1.26. The highest BCUT2D eigenvalue weighted by Crippen LogP contribution is 1.89. The van der Waals surface area contributed by atoms with Crippen LogP contribution in [0.2, 0.25) is 0 Å². The van der Waals surface area contributed by atoms with Crippen molar-refractivity contribution in [2.75, 3.05) is 13.1 Å². The third kappa shape index (κ3) is 5.43. The van der Waals surface area contributed by atoms with Gasteiger partial charge in [-0.25, -0.2) is 0 Å². The van der Waals surface area contributed by atoms with Crippen LogP contribution < -0.4 is 5.32 Å². The van der Waals surface area contributed by atoms with E-state index >= 15 is 0 Å². The molecule has 3 heteroatoms. The van der Waals surface area contributed by atoms with Crippen molar-refractivity contribution in [3.05, 3.63) is 0 Å². The third-order valence-corrected chi connectivity index (χ3v) is 1.26. The molecule has 0 aromatic heterocycles. The molecule has 0 heterocycles. The van der Waals surface area contributed by atoms with E-state index in [4.69, 9.17) is 5.11 Å². The highest BCUT2D eigenvalue weighted by Gasteiger charge is 2.08. The molecule has 0 rings (SSSR count). The molecule has 0 fully saturated rings. The van der Waals surface area contributed by atoms with Crippen LogP contribution in [0.15, 0.2) is 0 Å². The van der Waals surface area contributed by atoms with Crippen LogP contribution in [0.25, 0.3) is 0 Å². The summed E-state index contributed by atoms with van der Waals surface area (Å²) in [4.78, 5) is 10.3. The lowest BCUT2D eigenvalue weighted by Gasteiger charge is -2.04. The Morgan fingerprint density at radius 1 is 1.73 bits per heavy atom. The number of hydrogen-bond acceptors (Lipinski definition) is 2. The SMILES string of the molecule is CC#CCNCC(C)C(=O)O. The standard InChI is InChI=1S/C8H13NO2/c1-3-4-5-9-6-7(2)8(10)11/h7,9H,5-6H2,1-2H3,(H,10,11). The van der Waals surface area contributed by atoms with Gasteiger partial charge in [0.25, 0.3) is 0 Å². The van der Waals surface area contributed by atoms with Crippen molar-refractivity contribution >= 4 is 5.97 Å². The minimum absolute atomic E-state index is 0.339. The zero-order valence-electron chi connectivity index (χ0n) is 6.85. The molecule has 2 N–H and O–H groups in total. The largest absolute Gasteiger partial charge is 0.481 e. The van der Waals surface area contributed by atoms with Crippen LogP contribution in [0.1, 0.15) is 13.8 Å². The molecule has 0 aromatic rings. The van der Waals surface area contributed by atoms with Crippen LogP contribution in [-0.4, -0.2) is 24.2 Å². The van der Waals surface area contributed by atoms with E-state index in [1.54, 1.807) is 13.8 Å². The van der Waals surface area contributed by atoms with Crippen molar-refractivity contribution in [3.8, 4) is 11.8 Å². The van der Waals surface area contributed by atoms with E-state index in [9.17, 15) is 4.79 Å². The van der Waals surface area contributed by atoms with Gasteiger partial charge in [-0.15, -0.1) is 5.92 Å². The molecule has 0 saturated carbocycles. The number of hydrogen-bond donors (Lipinski definition) is 2. The van der Waals surface area contributed by atoms with Crippen molar-refractivity contribution < 1.29 is 9.90 Å². The molecule has 0 bridgehead atoms. The van der Waals surface area contributed by atoms with Crippen LogP contribution in [0, 0.1) is 17.8 Å². The number of carboxylic acids is 1. The fraction of sp³-hybridized carbons (Fsp3) is 0.625. The lowest BCUT2D eigenvalue weighted by atomic mass is 10.2. The molecule has 0 radical (unpaired) electrons. The maximum atomic E-state index is 10.3. The Labute approximate surface area is 66.8 Å². The van der Waals surface area contributed by atoms with E-state index in [2.05, 4.69) is 17.2 Å². The molecule has 1 atom stereocenters. The van der Waals surface area contributed by atoms with Gasteiger partial charge in [0.2, 0.25) is 0 Å². The minimum Gasteiger partial charge on any atom is -0.481 e. The Morgan fingerprint density at radius 2 is 2.36 bits per heavy atom. The summed E-state index contributed by atoms with van der Waals surface area (Å²) in [5, 5.41) is 11.4. The molecule has 0 aromatic carbocycles. The molecule has 0 amide bonds. The quantitative estimate of drug-likeness (QED) is 0.454. The molecule has 0 saturated heterocycles. The Balaban J connectivity index is 3.36. The Bertz CT molecular complexity index is 178. The van der Waals surface area contributed by atoms with Crippen LogP contribution in [0.4, 0.5) is 0 Å². The molecular weight excluding hydrogens is 142 g/mol. The van der Waals surface area contributed by atoms with Crippen molar-refractivity contribution in [2.45, 2.75) is 13.8 Å². The number of carboxylic acid groups (broad SMARTS) is 1. The molecule has 3 nitrogen and oxygen atoms in total. The first-order valence-electron chi connectivity index (χ1n) is 3.51. The second kappa shape index (κ2) is 5.75. The summed E-state index contributed by atoms with van der Waals surface area (Å²) in [5.41, 5.74) is 0. The summed E-state index contributed by atoms with van der Waals surface area (Å²) in [7, 11) is 0. The molecule has 0 aliphatic heterocycles. The average Bonchev–Trinajstić information content (AvgIpc) is 1.97. The van der Waals surface area contributed by atoms with Crippen molar-refractivity contribution in [1.29, 1.82) is 0 Å². The summed E-state index contributed by atoms with van der Waals surface area (Å²) in [6, 6.07) is 0. The van der Waals surface area contributed by atoms with Gasteiger partial charge < -0.3 is 10.4 Å². The summed E-state index contributed by atoms with van der Waals surface area (Å²) in [6.45, 7) is 4.45. The van der Waals surface area contributed by atoms with Crippen LogP contribution in [0.5, 0.6) is 0 Å². The van der Waals surface area contributed by atoms with Gasteiger partial charge >= 0.3 is 5.97 Å². The van der Waals surface area contributed by atoms with Gasteiger partial charge in [0.15, 0.2) is 0 Å². The second-order valence-corrected chi connectivity index (χ2v) is 2.30. The van der Waals surface area contributed by atoms with Crippen molar-refractivity contribution in [3.63, 3.8) is 0 Å². The number of aliphatic carboxylic acids is 1. The van der Waals surface area contributed by atoms with E-state index in [0.717, 1.165) is 0 Å². The smallest absolute Gasteiger partial charge is 0.307 e. The van der Waals surface area contributed by atoms with E-state index in [1.807, 2.05) is 0 Å². The number of carbonyl (C=O) groups is 1. The predicted octanol–water partition coefficient (Wildman–Crippen LogP) is 0.320. The zero-order valence-corrected chi connectivity index (χ0v) is 6.85. The lowest BCUT2D eigenvalue weighted by Crippen LogP contribution is -2.26. The normalized spacial score (nSPS) is 11.5. The summed E-state index contributed by atoms with van der Waals surface area (Å²) in [5.74, 6) is 4.38. The maximum Gasteiger partial charge on any atom is 0.307 e. The Morgan fingerprint density at radius 3 is 2.82 bits per heavy atom. The zero-order chi connectivity index (χ0) is 8.69. The molecule has 11 heavy (non-hydrogen) atoms. The lowest BCUT2D eigenvalue weighted by molar-refractivity contribution is -0.140. The van der Waals surface area contributed by atoms with Gasteiger partial charge in [0, 0.05) is 6.54 Å². The maximum absolute atomic E-state index is 10.3. The summed E-state index contributed by atoms with van der Waals surface area (Å²) < 4.78 is 0. The van der Waals surface area contributed by atoms with E-state index < -0.39 is 5.97 Å². The van der Waals surface area contributed by atoms with Crippen LogP contribution in [-0.2, 0) is 4.79 Å². The summed E-state index contributed by atoms with van der Waals surface area (Å²) >= 11 is 0. The Kier molecular flexibility index (Phi) is 5.22. The van der Waals surface area contributed by atoms with Gasteiger partial charge in [-0.2, -0.15) is 0 Å². The van der Waals surface area contributed by atoms with E-state index in [-0.39, 0.29) is 5.92 Å². The van der Waals surface area contributed by atoms with E-state index in [1.165, 1.54) is 0 Å². The second-order valence-electron chi connectivity index (χ2n) is 2.30. The van der Waals surface area contributed by atoms with Gasteiger partial charge in [-0.05, 0) is 6.92 Å². The van der Waals surface area contributed by atoms with Crippen molar-refractivity contribution in [2.24, 2.45) is 5.92 Å². The molecule has 0 aliphatic rings. The monoisotopic (exact) mass is 155 g/mol. The first kappa shape index (κ1) is 9.99. The van der Waals surface area contributed by atoms with Gasteiger partial charge in [0.05, 0.1) is 12.5 Å². The Hall–Kier alpha value is -1.01. The summed E-state index contributed by atoms with van der Waals surface area (Å²) in [6.07, 6.45) is 0. The number of rotatable bonds is 4. The minimum atomic E-state index is -0.776. The highest BCUT2D eigenvalue weighted by molar-refractivity contribution is 5.69. The molecule has 62 valence electrons. The molecule has 1 unspecified atom stereocenters. The fourth-order valence-corrected chi connectivity index (χ4v) is 0.527. The predicted molar refractivity (Wildman–Crippen MR) is 43.1 cm³/mol. The van der Waals surface area contributed by atoms with Gasteiger partial charge in [-0.3, -0.25) is 4.79 Å². The fourth-order valence-electron chi connectivity index (χ4n) is 0.527. The first-order valence-corrected chi connectivity index (χ1v) is 3.51. The highest BCUT2D eigenvalue weighted by atomic mass is 16.4. The topological polar surface area (TPSA) is 49.3 Å². The van der Waals surface area contributed by atoms with Crippen molar-refractivity contribution in [1.82, 2.24) is 5.32 Å². The average molecular weight is 155 g/mol. The molecule has 0 aliphatic carbocycles.